The highest BCUT2D eigenvalue weighted by Gasteiger charge is 2.38. The Labute approximate surface area is 68.2 Å². The summed E-state index contributed by atoms with van der Waals surface area (Å²) in [7, 11) is 0. The van der Waals surface area contributed by atoms with Crippen LogP contribution in [0.1, 0.15) is 44.9 Å². The minimum Gasteiger partial charge on any atom is -0.303 e. The minimum absolute atomic E-state index is 0.140. The Balaban J connectivity index is 1.96. The van der Waals surface area contributed by atoms with Crippen molar-refractivity contribution in [2.24, 2.45) is 11.3 Å². The van der Waals surface area contributed by atoms with E-state index in [1.807, 2.05) is 0 Å². The molecule has 0 bridgehead atoms. The van der Waals surface area contributed by atoms with Crippen LogP contribution in [0.15, 0.2) is 0 Å². The fourth-order valence-electron chi connectivity index (χ4n) is 2.35. The molecule has 0 N–H and O–H groups in total. The van der Waals surface area contributed by atoms with Gasteiger partial charge in [0.2, 0.25) is 0 Å². The highest BCUT2D eigenvalue weighted by Crippen LogP contribution is 2.47. The number of hydrogen-bond donors (Lipinski definition) is 0. The maximum atomic E-state index is 10.9. The van der Waals surface area contributed by atoms with Crippen LogP contribution in [0.2, 0.25) is 0 Å². The Morgan fingerprint density at radius 2 is 1.91 bits per heavy atom. The lowest BCUT2D eigenvalue weighted by Gasteiger charge is -2.20. The Bertz CT molecular complexity index is 152. The lowest BCUT2D eigenvalue weighted by Crippen LogP contribution is -2.18. The highest BCUT2D eigenvalue weighted by molar-refractivity contribution is 5.60. The SMILES string of the molecule is O=CC1(CC2CC2)CCCC1. The second kappa shape index (κ2) is 2.62. The molecule has 0 saturated heterocycles. The fourth-order valence-corrected chi connectivity index (χ4v) is 2.35. The molecule has 1 nitrogen and oxygen atoms in total. The number of hydrogen-bond acceptors (Lipinski definition) is 1. The van der Waals surface area contributed by atoms with Crippen LogP contribution >= 0.6 is 0 Å². The molecule has 0 aromatic carbocycles. The van der Waals surface area contributed by atoms with E-state index in [-0.39, 0.29) is 5.41 Å². The van der Waals surface area contributed by atoms with Gasteiger partial charge in [-0.2, -0.15) is 0 Å². The molecule has 0 amide bonds. The van der Waals surface area contributed by atoms with Gasteiger partial charge >= 0.3 is 0 Å². The molecule has 0 aliphatic heterocycles. The van der Waals surface area contributed by atoms with Crippen molar-refractivity contribution in [2.45, 2.75) is 44.9 Å². The van der Waals surface area contributed by atoms with Gasteiger partial charge in [-0.1, -0.05) is 25.7 Å². The average molecular weight is 152 g/mol. The monoisotopic (exact) mass is 152 g/mol. The molecule has 0 aromatic rings. The smallest absolute Gasteiger partial charge is 0.126 e. The molecular formula is C10H16O. The highest BCUT2D eigenvalue weighted by atomic mass is 16.1. The average Bonchev–Trinajstić information content (AvgIpc) is 2.68. The quantitative estimate of drug-likeness (QED) is 0.568. The second-order valence-corrected chi connectivity index (χ2v) is 4.33. The van der Waals surface area contributed by atoms with Crippen molar-refractivity contribution in [1.82, 2.24) is 0 Å². The molecule has 0 atom stereocenters. The van der Waals surface area contributed by atoms with Crippen molar-refractivity contribution in [3.05, 3.63) is 0 Å². The van der Waals surface area contributed by atoms with E-state index in [2.05, 4.69) is 0 Å². The predicted octanol–water partition coefficient (Wildman–Crippen LogP) is 2.55. The van der Waals surface area contributed by atoms with E-state index in [0.717, 1.165) is 5.92 Å². The first-order valence-electron chi connectivity index (χ1n) is 4.81. The normalized spacial score (nSPS) is 28.7. The zero-order valence-electron chi connectivity index (χ0n) is 7.01. The Hall–Kier alpha value is -0.330. The third-order valence-corrected chi connectivity index (χ3v) is 3.24. The van der Waals surface area contributed by atoms with Crippen molar-refractivity contribution >= 4 is 6.29 Å². The molecule has 2 saturated carbocycles. The number of carbonyl (C=O) groups excluding carboxylic acids is 1. The molecule has 0 spiro atoms. The Morgan fingerprint density at radius 3 is 2.36 bits per heavy atom. The van der Waals surface area contributed by atoms with Gasteiger partial charge in [0.05, 0.1) is 0 Å². The summed E-state index contributed by atoms with van der Waals surface area (Å²) in [6, 6.07) is 0. The molecule has 62 valence electrons. The molecule has 0 unspecified atom stereocenters. The van der Waals surface area contributed by atoms with Gasteiger partial charge in [-0.3, -0.25) is 0 Å². The molecule has 2 rings (SSSR count). The summed E-state index contributed by atoms with van der Waals surface area (Å²) in [5.41, 5.74) is 0.140. The van der Waals surface area contributed by atoms with E-state index in [1.54, 1.807) is 0 Å². The topological polar surface area (TPSA) is 17.1 Å². The summed E-state index contributed by atoms with van der Waals surface area (Å²) in [6.07, 6.45) is 10.1. The van der Waals surface area contributed by atoms with Gasteiger partial charge in [0.1, 0.15) is 6.29 Å². The van der Waals surface area contributed by atoms with Gasteiger partial charge < -0.3 is 4.79 Å². The van der Waals surface area contributed by atoms with Crippen molar-refractivity contribution in [3.63, 3.8) is 0 Å². The van der Waals surface area contributed by atoms with E-state index in [0.29, 0.717) is 0 Å². The first-order chi connectivity index (χ1) is 5.35. The summed E-state index contributed by atoms with van der Waals surface area (Å²) in [5, 5.41) is 0. The standard InChI is InChI=1S/C10H16O/c11-8-10(5-1-2-6-10)7-9-3-4-9/h8-9H,1-7H2. The van der Waals surface area contributed by atoms with E-state index < -0.39 is 0 Å². The second-order valence-electron chi connectivity index (χ2n) is 4.33. The van der Waals surface area contributed by atoms with E-state index >= 15 is 0 Å². The molecule has 2 aliphatic rings. The summed E-state index contributed by atoms with van der Waals surface area (Å²) in [4.78, 5) is 10.9. The lowest BCUT2D eigenvalue weighted by atomic mass is 9.82. The molecule has 0 heterocycles. The van der Waals surface area contributed by atoms with Gasteiger partial charge in [0.15, 0.2) is 0 Å². The Morgan fingerprint density at radius 1 is 1.27 bits per heavy atom. The van der Waals surface area contributed by atoms with Crippen LogP contribution in [-0.4, -0.2) is 6.29 Å². The molecule has 0 aromatic heterocycles. The summed E-state index contributed by atoms with van der Waals surface area (Å²) >= 11 is 0. The molecule has 2 aliphatic carbocycles. The summed E-state index contributed by atoms with van der Waals surface area (Å²) in [5.74, 6) is 0.915. The van der Waals surface area contributed by atoms with E-state index in [4.69, 9.17) is 0 Å². The fraction of sp³-hybridized carbons (Fsp3) is 0.900. The molecular weight excluding hydrogens is 136 g/mol. The van der Waals surface area contributed by atoms with Crippen LogP contribution in [0.3, 0.4) is 0 Å². The minimum atomic E-state index is 0.140. The van der Waals surface area contributed by atoms with Gasteiger partial charge in [-0.25, -0.2) is 0 Å². The lowest BCUT2D eigenvalue weighted by molar-refractivity contribution is -0.116. The first kappa shape index (κ1) is 7.33. The van der Waals surface area contributed by atoms with Crippen molar-refractivity contribution in [3.8, 4) is 0 Å². The maximum absolute atomic E-state index is 10.9. The molecule has 1 heteroatoms. The predicted molar refractivity (Wildman–Crippen MR) is 44.3 cm³/mol. The number of aldehydes is 1. The van der Waals surface area contributed by atoms with Crippen molar-refractivity contribution in [1.29, 1.82) is 0 Å². The van der Waals surface area contributed by atoms with E-state index in [9.17, 15) is 4.79 Å². The zero-order valence-corrected chi connectivity index (χ0v) is 7.01. The molecule has 11 heavy (non-hydrogen) atoms. The van der Waals surface area contributed by atoms with Crippen LogP contribution in [0.5, 0.6) is 0 Å². The summed E-state index contributed by atoms with van der Waals surface area (Å²) < 4.78 is 0. The van der Waals surface area contributed by atoms with Gasteiger partial charge in [0, 0.05) is 5.41 Å². The first-order valence-corrected chi connectivity index (χ1v) is 4.81. The molecule has 0 radical (unpaired) electrons. The van der Waals surface area contributed by atoms with Crippen LogP contribution < -0.4 is 0 Å². The van der Waals surface area contributed by atoms with E-state index in [1.165, 1.54) is 51.2 Å². The van der Waals surface area contributed by atoms with Gasteiger partial charge in [-0.05, 0) is 25.2 Å². The van der Waals surface area contributed by atoms with Gasteiger partial charge in [0.25, 0.3) is 0 Å². The van der Waals surface area contributed by atoms with Crippen LogP contribution in [0.4, 0.5) is 0 Å². The third kappa shape index (κ3) is 1.47. The van der Waals surface area contributed by atoms with Gasteiger partial charge in [-0.15, -0.1) is 0 Å². The summed E-state index contributed by atoms with van der Waals surface area (Å²) in [6.45, 7) is 0. The van der Waals surface area contributed by atoms with Crippen molar-refractivity contribution in [2.75, 3.05) is 0 Å². The van der Waals surface area contributed by atoms with Crippen LogP contribution in [0.25, 0.3) is 0 Å². The number of carbonyl (C=O) groups is 1. The zero-order chi connectivity index (χ0) is 7.73. The molecule has 2 fully saturated rings. The van der Waals surface area contributed by atoms with Crippen LogP contribution in [-0.2, 0) is 4.79 Å². The van der Waals surface area contributed by atoms with Crippen LogP contribution in [0, 0.1) is 11.3 Å². The van der Waals surface area contributed by atoms with Crippen molar-refractivity contribution < 1.29 is 4.79 Å². The third-order valence-electron chi connectivity index (χ3n) is 3.24. The maximum Gasteiger partial charge on any atom is 0.126 e. The number of rotatable bonds is 3. The Kier molecular flexibility index (Phi) is 1.74. The largest absolute Gasteiger partial charge is 0.303 e.